The lowest BCUT2D eigenvalue weighted by Crippen LogP contribution is -1.93. The lowest BCUT2D eigenvalue weighted by molar-refractivity contribution is 0.609. The third-order valence-corrected chi connectivity index (χ3v) is 2.94. The van der Waals surface area contributed by atoms with E-state index in [4.69, 9.17) is 0 Å². The van der Waals surface area contributed by atoms with E-state index in [-0.39, 0.29) is 4.60 Å². The second-order valence-corrected chi connectivity index (χ2v) is 4.13. The van der Waals surface area contributed by atoms with E-state index in [2.05, 4.69) is 32.8 Å². The maximum atomic E-state index is 13.7. The van der Waals surface area contributed by atoms with Crippen LogP contribution in [0.2, 0.25) is 0 Å². The summed E-state index contributed by atoms with van der Waals surface area (Å²) in [6.07, 6.45) is 2.31. The molecule has 2 rings (SSSR count). The van der Waals surface area contributed by atoms with E-state index in [1.54, 1.807) is 0 Å². The van der Waals surface area contributed by atoms with Gasteiger partial charge in [-0.2, -0.15) is 0 Å². The molecule has 0 aliphatic heterocycles. The summed E-state index contributed by atoms with van der Waals surface area (Å²) in [5, 5.41) is 0. The highest BCUT2D eigenvalue weighted by atomic mass is 79.9. The molecule has 0 radical (unpaired) electrons. The van der Waals surface area contributed by atoms with Gasteiger partial charge in [-0.15, -0.1) is 0 Å². The van der Waals surface area contributed by atoms with Crippen molar-refractivity contribution in [1.29, 1.82) is 0 Å². The van der Waals surface area contributed by atoms with Gasteiger partial charge >= 0.3 is 0 Å². The van der Waals surface area contributed by atoms with Gasteiger partial charge in [0.2, 0.25) is 0 Å². The van der Waals surface area contributed by atoms with E-state index in [1.165, 1.54) is 11.9 Å². The molecule has 0 bridgehead atoms. The van der Waals surface area contributed by atoms with Gasteiger partial charge in [0.05, 0.1) is 0 Å². The first kappa shape index (κ1) is 11.2. The van der Waals surface area contributed by atoms with Crippen molar-refractivity contribution >= 4 is 15.9 Å². The lowest BCUT2D eigenvalue weighted by Gasteiger charge is -2.04. The van der Waals surface area contributed by atoms with Gasteiger partial charge in [-0.05, 0) is 27.9 Å². The number of benzene rings is 1. The Morgan fingerprint density at radius 3 is 2.50 bits per heavy atom. The molecular weight excluding hydrogens is 271 g/mol. The quantitative estimate of drug-likeness (QED) is 0.786. The summed E-state index contributed by atoms with van der Waals surface area (Å²) in [6, 6.07) is 7.70. The first-order valence-electron chi connectivity index (χ1n) is 4.97. The predicted molar refractivity (Wildman–Crippen MR) is 64.5 cm³/mol. The molecule has 0 amide bonds. The van der Waals surface area contributed by atoms with E-state index < -0.39 is 5.82 Å². The molecule has 0 saturated heterocycles. The van der Waals surface area contributed by atoms with Gasteiger partial charge in [0, 0.05) is 5.56 Å². The van der Waals surface area contributed by atoms with E-state index in [1.807, 2.05) is 24.3 Å². The number of rotatable bonds is 2. The third-order valence-electron chi connectivity index (χ3n) is 2.38. The molecule has 1 aromatic carbocycles. The Balaban J connectivity index is 2.46. The molecule has 16 heavy (non-hydrogen) atoms. The molecule has 82 valence electrons. The molecule has 0 aliphatic carbocycles. The zero-order valence-corrected chi connectivity index (χ0v) is 10.3. The zero-order valence-electron chi connectivity index (χ0n) is 8.74. The molecular formula is C12H10BrFN2. The van der Waals surface area contributed by atoms with Gasteiger partial charge in [-0.3, -0.25) is 0 Å². The van der Waals surface area contributed by atoms with E-state index in [0.717, 1.165) is 12.0 Å². The van der Waals surface area contributed by atoms with Crippen LogP contribution in [0.25, 0.3) is 11.3 Å². The minimum Gasteiger partial charge on any atom is -0.233 e. The van der Waals surface area contributed by atoms with Gasteiger partial charge in [0.15, 0.2) is 5.82 Å². The Kier molecular flexibility index (Phi) is 3.29. The van der Waals surface area contributed by atoms with Crippen molar-refractivity contribution in [2.24, 2.45) is 0 Å². The standard InChI is InChI=1S/C12H10BrFN2/c1-2-8-3-5-9(6-4-8)11-10(14)12(13)16-7-15-11/h3-7H,2H2,1H3. The van der Waals surface area contributed by atoms with Crippen LogP contribution < -0.4 is 0 Å². The van der Waals surface area contributed by atoms with Crippen LogP contribution in [0.1, 0.15) is 12.5 Å². The summed E-state index contributed by atoms with van der Waals surface area (Å²) in [5.74, 6) is -0.424. The van der Waals surface area contributed by atoms with Crippen molar-refractivity contribution in [3.05, 3.63) is 46.6 Å². The van der Waals surface area contributed by atoms with Crippen LogP contribution in [0, 0.1) is 5.82 Å². The molecule has 0 N–H and O–H groups in total. The first-order valence-corrected chi connectivity index (χ1v) is 5.77. The summed E-state index contributed by atoms with van der Waals surface area (Å²) < 4.78 is 13.9. The minimum absolute atomic E-state index is 0.192. The Bertz CT molecular complexity index is 497. The van der Waals surface area contributed by atoms with E-state index in [0.29, 0.717) is 5.69 Å². The molecule has 2 aromatic rings. The fourth-order valence-corrected chi connectivity index (χ4v) is 1.73. The van der Waals surface area contributed by atoms with Gasteiger partial charge < -0.3 is 0 Å². The smallest absolute Gasteiger partial charge is 0.182 e. The highest BCUT2D eigenvalue weighted by Crippen LogP contribution is 2.24. The summed E-state index contributed by atoms with van der Waals surface area (Å²) in [6.45, 7) is 2.08. The molecule has 0 aliphatic rings. The molecule has 2 nitrogen and oxygen atoms in total. The molecule has 1 heterocycles. The van der Waals surface area contributed by atoms with Crippen LogP contribution >= 0.6 is 15.9 Å². The Morgan fingerprint density at radius 2 is 1.88 bits per heavy atom. The number of aryl methyl sites for hydroxylation is 1. The summed E-state index contributed by atoms with van der Waals surface area (Å²) >= 11 is 3.05. The molecule has 0 fully saturated rings. The van der Waals surface area contributed by atoms with Gasteiger partial charge in [0.25, 0.3) is 0 Å². The van der Waals surface area contributed by atoms with Crippen molar-refractivity contribution in [1.82, 2.24) is 9.97 Å². The van der Waals surface area contributed by atoms with Crippen LogP contribution in [0.4, 0.5) is 4.39 Å². The van der Waals surface area contributed by atoms with Crippen LogP contribution in [-0.2, 0) is 6.42 Å². The van der Waals surface area contributed by atoms with E-state index in [9.17, 15) is 4.39 Å². The largest absolute Gasteiger partial charge is 0.233 e. The fourth-order valence-electron chi connectivity index (χ4n) is 1.45. The van der Waals surface area contributed by atoms with Crippen molar-refractivity contribution in [3.8, 4) is 11.3 Å². The Labute approximate surface area is 102 Å². The maximum Gasteiger partial charge on any atom is 0.182 e. The highest BCUT2D eigenvalue weighted by molar-refractivity contribution is 9.10. The summed E-state index contributed by atoms with van der Waals surface area (Å²) in [7, 11) is 0. The molecule has 0 unspecified atom stereocenters. The normalized spacial score (nSPS) is 10.4. The number of nitrogens with zero attached hydrogens (tertiary/aromatic N) is 2. The number of halogens is 2. The molecule has 1 aromatic heterocycles. The van der Waals surface area contributed by atoms with Crippen molar-refractivity contribution < 1.29 is 4.39 Å². The molecule has 0 saturated carbocycles. The topological polar surface area (TPSA) is 25.8 Å². The summed E-state index contributed by atoms with van der Waals surface area (Å²) in [4.78, 5) is 7.68. The molecule has 0 spiro atoms. The van der Waals surface area contributed by atoms with Crippen LogP contribution in [0.5, 0.6) is 0 Å². The van der Waals surface area contributed by atoms with Crippen molar-refractivity contribution in [2.75, 3.05) is 0 Å². The third kappa shape index (κ3) is 2.11. The predicted octanol–water partition coefficient (Wildman–Crippen LogP) is 3.61. The Hall–Kier alpha value is -1.29. The number of hydrogen-bond acceptors (Lipinski definition) is 2. The van der Waals surface area contributed by atoms with Crippen LogP contribution in [0.15, 0.2) is 35.2 Å². The fraction of sp³-hybridized carbons (Fsp3) is 0.167. The minimum atomic E-state index is -0.424. The van der Waals surface area contributed by atoms with Gasteiger partial charge in [-0.25, -0.2) is 14.4 Å². The SMILES string of the molecule is CCc1ccc(-c2ncnc(Br)c2F)cc1. The average Bonchev–Trinajstić information content (AvgIpc) is 2.33. The first-order chi connectivity index (χ1) is 7.72. The average molecular weight is 281 g/mol. The van der Waals surface area contributed by atoms with Crippen molar-refractivity contribution in [2.45, 2.75) is 13.3 Å². The van der Waals surface area contributed by atoms with Gasteiger partial charge in [-0.1, -0.05) is 31.2 Å². The van der Waals surface area contributed by atoms with Gasteiger partial charge in [0.1, 0.15) is 16.6 Å². The highest BCUT2D eigenvalue weighted by Gasteiger charge is 2.10. The number of hydrogen-bond donors (Lipinski definition) is 0. The Morgan fingerprint density at radius 1 is 1.19 bits per heavy atom. The zero-order chi connectivity index (χ0) is 11.5. The lowest BCUT2D eigenvalue weighted by atomic mass is 10.1. The number of aromatic nitrogens is 2. The second-order valence-electron chi connectivity index (χ2n) is 3.38. The summed E-state index contributed by atoms with van der Waals surface area (Å²) in [5.41, 5.74) is 2.31. The van der Waals surface area contributed by atoms with Crippen LogP contribution in [-0.4, -0.2) is 9.97 Å². The van der Waals surface area contributed by atoms with E-state index >= 15 is 0 Å². The second kappa shape index (κ2) is 4.70. The maximum absolute atomic E-state index is 13.7. The molecule has 0 atom stereocenters. The van der Waals surface area contributed by atoms with Crippen molar-refractivity contribution in [3.63, 3.8) is 0 Å². The monoisotopic (exact) mass is 280 g/mol. The molecule has 4 heteroatoms. The van der Waals surface area contributed by atoms with Crippen LogP contribution in [0.3, 0.4) is 0 Å².